The van der Waals surface area contributed by atoms with Crippen LogP contribution in [0.2, 0.25) is 5.02 Å². The normalized spacial score (nSPS) is 16.5. The van der Waals surface area contributed by atoms with Crippen LogP contribution in [-0.2, 0) is 23.9 Å². The van der Waals surface area contributed by atoms with Crippen LogP contribution in [0.25, 0.3) is 22.0 Å². The number of aliphatic hydroxyl groups excluding tert-OH is 1. The van der Waals surface area contributed by atoms with Gasteiger partial charge in [-0.2, -0.15) is 4.98 Å². The molecule has 1 aromatic heterocycles. The number of fused-ring (bicyclic) bond motifs is 2. The predicted molar refractivity (Wildman–Crippen MR) is 219 cm³/mol. The number of piperidine rings is 1. The molecule has 1 atom stereocenters. The Hall–Kier alpha value is -6.55. The molecule has 1 unspecified atom stereocenters. The minimum Gasteiger partial charge on any atom is -0.507 e. The van der Waals surface area contributed by atoms with Crippen molar-refractivity contribution in [3.8, 4) is 22.6 Å². The summed E-state index contributed by atoms with van der Waals surface area (Å²) >= 11 is 6.52. The molecule has 19 nitrogen and oxygen atoms in total. The maximum Gasteiger partial charge on any atom is 0.279 e. The Morgan fingerprint density at radius 2 is 1.73 bits per heavy atom. The van der Waals surface area contributed by atoms with E-state index in [4.69, 9.17) is 21.1 Å². The van der Waals surface area contributed by atoms with Crippen molar-refractivity contribution in [2.24, 2.45) is 0 Å². The van der Waals surface area contributed by atoms with Gasteiger partial charge in [0.25, 0.3) is 17.7 Å². The first-order chi connectivity index (χ1) is 30.1. The highest BCUT2D eigenvalue weighted by molar-refractivity contribution is 6.34. The Bertz CT molecular complexity index is 2480. The number of rotatable bonds is 15. The fourth-order valence-electron chi connectivity index (χ4n) is 7.45. The first kappa shape index (κ1) is 44.5. The number of halogens is 3. The van der Waals surface area contributed by atoms with Gasteiger partial charge in [-0.15, -0.1) is 0 Å². The van der Waals surface area contributed by atoms with Crippen molar-refractivity contribution in [1.29, 1.82) is 0 Å². The minimum atomic E-state index is -2.18. The third kappa shape index (κ3) is 9.31. The lowest BCUT2D eigenvalue weighted by atomic mass is 10.0. The summed E-state index contributed by atoms with van der Waals surface area (Å²) in [5.74, 6) is -5.73. The third-order valence-electron chi connectivity index (χ3n) is 10.7. The lowest BCUT2D eigenvalue weighted by Gasteiger charge is -2.36. The monoisotopic (exact) mass is 894 g/mol. The second-order valence-electron chi connectivity index (χ2n) is 14.7. The number of carbonyl (C=O) groups excluding carboxylic acids is 6. The number of hydrogen-bond acceptors (Lipinski definition) is 15. The highest BCUT2D eigenvalue weighted by Crippen LogP contribution is 2.42. The van der Waals surface area contributed by atoms with Crippen molar-refractivity contribution in [2.75, 3.05) is 76.4 Å². The molecular formula is C41H41ClF2N8O11. The average Bonchev–Trinajstić information content (AvgIpc) is 3.50. The summed E-state index contributed by atoms with van der Waals surface area (Å²) in [6.45, 7) is 1.02. The van der Waals surface area contributed by atoms with Crippen molar-refractivity contribution >= 4 is 69.7 Å². The van der Waals surface area contributed by atoms with Crippen molar-refractivity contribution in [3.63, 3.8) is 0 Å². The van der Waals surface area contributed by atoms with Crippen LogP contribution in [0.15, 0.2) is 42.5 Å². The van der Waals surface area contributed by atoms with Crippen LogP contribution in [0.3, 0.4) is 0 Å². The zero-order valence-electron chi connectivity index (χ0n) is 33.6. The molecule has 2 fully saturated rings. The maximum atomic E-state index is 16.4. The van der Waals surface area contributed by atoms with E-state index in [2.05, 4.69) is 20.6 Å². The van der Waals surface area contributed by atoms with E-state index >= 15 is 4.39 Å². The van der Waals surface area contributed by atoms with Crippen LogP contribution in [0, 0.1) is 11.6 Å². The van der Waals surface area contributed by atoms with Crippen LogP contribution in [0.4, 0.5) is 20.5 Å². The number of benzene rings is 3. The minimum absolute atomic E-state index is 0.00640. The van der Waals surface area contributed by atoms with Crippen LogP contribution in [-0.4, -0.2) is 154 Å². The molecule has 0 aliphatic carbocycles. The van der Waals surface area contributed by atoms with E-state index in [0.29, 0.717) is 5.75 Å². The number of amides is 6. The summed E-state index contributed by atoms with van der Waals surface area (Å²) in [4.78, 5) is 89.2. The largest absolute Gasteiger partial charge is 0.507 e. The second kappa shape index (κ2) is 18.8. The molecule has 332 valence electrons. The van der Waals surface area contributed by atoms with Crippen molar-refractivity contribution < 1.29 is 62.3 Å². The molecule has 2 saturated heterocycles. The molecular weight excluding hydrogens is 854 g/mol. The van der Waals surface area contributed by atoms with Gasteiger partial charge in [0, 0.05) is 70.1 Å². The van der Waals surface area contributed by atoms with Gasteiger partial charge in [-0.25, -0.2) is 13.8 Å². The fourth-order valence-corrected chi connectivity index (χ4v) is 7.74. The van der Waals surface area contributed by atoms with Gasteiger partial charge >= 0.3 is 0 Å². The molecule has 6 amide bonds. The van der Waals surface area contributed by atoms with Crippen LogP contribution < -0.4 is 20.3 Å². The van der Waals surface area contributed by atoms with E-state index in [-0.39, 0.29) is 123 Å². The van der Waals surface area contributed by atoms with Gasteiger partial charge in [-0.3, -0.25) is 39.0 Å². The number of hydrogen-bond donors (Lipinski definition) is 5. The standard InChI is InChI=1S/C41H41ClF2N8O11/c1-49(15-16-62-17-18-63-21-5-6-22-23(19-21)38(58)52(37(22)57)27-7-8-29(54)46-36(27)56)30(55)9-10-45-41-47-34-24(35(48-41)50-11-13-51(14-12-50)39(59)40(60)61)20-25(42)31(33(34)44)32-26(43)3-2-4-28(32)53/h2-6,19-20,27,40,53,60-61H,7-18H2,1H3,(H,45,47,48)(H,46,54,56). The number of carbonyl (C=O) groups is 6. The second-order valence-corrected chi connectivity index (χ2v) is 15.1. The number of aromatic nitrogens is 2. The predicted octanol–water partition coefficient (Wildman–Crippen LogP) is 1.65. The number of phenolic OH excluding ortho intramolecular Hbond substituents is 1. The molecule has 0 spiro atoms. The van der Waals surface area contributed by atoms with Gasteiger partial charge in [0.2, 0.25) is 30.0 Å². The Morgan fingerprint density at radius 1 is 0.984 bits per heavy atom. The molecule has 5 N–H and O–H groups in total. The quantitative estimate of drug-likeness (QED) is 0.0648. The number of likely N-dealkylation sites (N-methyl/N-ethyl adjacent to an activating group) is 1. The summed E-state index contributed by atoms with van der Waals surface area (Å²) < 4.78 is 42.7. The zero-order chi connectivity index (χ0) is 45.1. The van der Waals surface area contributed by atoms with E-state index < -0.39 is 70.4 Å². The van der Waals surface area contributed by atoms with E-state index in [1.807, 2.05) is 0 Å². The Morgan fingerprint density at radius 3 is 2.44 bits per heavy atom. The Labute approximate surface area is 362 Å². The van der Waals surface area contributed by atoms with Crippen LogP contribution in [0.1, 0.15) is 40.0 Å². The number of imide groups is 2. The number of piperazine rings is 1. The Balaban J connectivity index is 0.932. The van der Waals surface area contributed by atoms with Crippen molar-refractivity contribution in [3.05, 3.63) is 70.2 Å². The van der Waals surface area contributed by atoms with E-state index in [1.165, 1.54) is 46.2 Å². The number of nitrogens with one attached hydrogen (secondary N) is 2. The van der Waals surface area contributed by atoms with Gasteiger partial charge in [-0.05, 0) is 42.8 Å². The fraction of sp³-hybridized carbons (Fsp3) is 0.366. The van der Waals surface area contributed by atoms with Crippen LogP contribution in [0.5, 0.6) is 11.5 Å². The highest BCUT2D eigenvalue weighted by Gasteiger charge is 2.44. The molecule has 0 radical (unpaired) electrons. The van der Waals surface area contributed by atoms with Gasteiger partial charge in [0.1, 0.15) is 41.3 Å². The maximum absolute atomic E-state index is 16.4. The first-order valence-electron chi connectivity index (χ1n) is 19.8. The number of aromatic hydroxyl groups is 1. The SMILES string of the molecule is CN(CCOCCOc1ccc2c(c1)C(=O)N(C1CCC(=O)NC1=O)C2=O)C(=O)CCNc1nc(N2CCN(C(=O)C(O)O)CC2)c2cc(Cl)c(-c3c(O)cccc3F)c(F)c2n1. The highest BCUT2D eigenvalue weighted by atomic mass is 35.5. The summed E-state index contributed by atoms with van der Waals surface area (Å²) in [5.41, 5.74) is -0.963. The number of aliphatic hydroxyl groups is 2. The lowest BCUT2D eigenvalue weighted by molar-refractivity contribution is -0.159. The van der Waals surface area contributed by atoms with Gasteiger partial charge in [-0.1, -0.05) is 17.7 Å². The molecule has 0 bridgehead atoms. The molecule has 4 aromatic rings. The molecule has 3 aromatic carbocycles. The van der Waals surface area contributed by atoms with E-state index in [9.17, 15) is 48.5 Å². The topological polar surface area (TPSA) is 244 Å². The number of anilines is 2. The molecule has 3 aliphatic heterocycles. The lowest BCUT2D eigenvalue weighted by Crippen LogP contribution is -2.54. The molecule has 0 saturated carbocycles. The summed E-state index contributed by atoms with van der Waals surface area (Å²) in [5, 5.41) is 34.2. The molecule has 3 aliphatic rings. The molecule has 22 heteroatoms. The third-order valence-corrected chi connectivity index (χ3v) is 11.0. The smallest absolute Gasteiger partial charge is 0.279 e. The number of ether oxygens (including phenoxy) is 2. The zero-order valence-corrected chi connectivity index (χ0v) is 34.4. The van der Waals surface area contributed by atoms with Gasteiger partial charge < -0.3 is 44.8 Å². The first-order valence-corrected chi connectivity index (χ1v) is 20.1. The molecule has 63 heavy (non-hydrogen) atoms. The summed E-state index contributed by atoms with van der Waals surface area (Å²) in [7, 11) is 1.58. The number of nitrogens with zero attached hydrogens (tertiary/aromatic N) is 6. The van der Waals surface area contributed by atoms with E-state index in [1.54, 1.807) is 11.9 Å². The van der Waals surface area contributed by atoms with Crippen LogP contribution >= 0.6 is 11.6 Å². The van der Waals surface area contributed by atoms with Gasteiger partial charge in [0.15, 0.2) is 5.82 Å². The summed E-state index contributed by atoms with van der Waals surface area (Å²) in [6, 6.07) is 8.10. The van der Waals surface area contributed by atoms with Crippen molar-refractivity contribution in [1.82, 2.24) is 30.0 Å². The Kier molecular flexibility index (Phi) is 13.3. The summed E-state index contributed by atoms with van der Waals surface area (Å²) in [6.07, 6.45) is -2.18. The number of phenols is 1. The van der Waals surface area contributed by atoms with Gasteiger partial charge in [0.05, 0.1) is 34.9 Å². The molecule has 4 heterocycles. The van der Waals surface area contributed by atoms with Crippen molar-refractivity contribution in [2.45, 2.75) is 31.6 Å². The molecule has 7 rings (SSSR count). The average molecular weight is 895 g/mol. The van der Waals surface area contributed by atoms with E-state index in [0.717, 1.165) is 11.0 Å².